The zero-order chi connectivity index (χ0) is 15.2. The molecule has 0 fully saturated rings. The van der Waals surface area contributed by atoms with Crippen molar-refractivity contribution in [1.29, 1.82) is 0 Å². The van der Waals surface area contributed by atoms with Crippen molar-refractivity contribution in [2.45, 2.75) is 18.6 Å². The lowest BCUT2D eigenvalue weighted by molar-refractivity contribution is 0.250. The van der Waals surface area contributed by atoms with Gasteiger partial charge in [0.1, 0.15) is 5.75 Å². The number of thioether (sulfide) groups is 1. The van der Waals surface area contributed by atoms with Crippen LogP contribution in [0.1, 0.15) is 12.7 Å². The lowest BCUT2D eigenvalue weighted by Crippen LogP contribution is -2.09. The van der Waals surface area contributed by atoms with Gasteiger partial charge in [-0.3, -0.25) is 4.57 Å². The summed E-state index contributed by atoms with van der Waals surface area (Å²) in [6, 6.07) is 7.68. The van der Waals surface area contributed by atoms with Gasteiger partial charge >= 0.3 is 0 Å². The minimum absolute atomic E-state index is 0. The fraction of sp³-hybridized carbons (Fsp3) is 0.429. The first-order valence-corrected chi connectivity index (χ1v) is 7.70. The van der Waals surface area contributed by atoms with E-state index < -0.39 is 0 Å². The molecular weight excluding hydrogens is 324 g/mol. The molecule has 0 radical (unpaired) electrons. The van der Waals surface area contributed by atoms with Crippen LogP contribution in [-0.2, 0) is 6.54 Å². The van der Waals surface area contributed by atoms with E-state index in [1.54, 1.807) is 18.9 Å². The molecule has 0 aliphatic heterocycles. The van der Waals surface area contributed by atoms with Gasteiger partial charge in [-0.25, -0.2) is 0 Å². The fourth-order valence-electron chi connectivity index (χ4n) is 1.80. The molecule has 1 atom stereocenters. The Balaban J connectivity index is 0.00000242. The number of hydrogen-bond acceptors (Lipinski definition) is 6. The van der Waals surface area contributed by atoms with Crippen LogP contribution in [0.15, 0.2) is 29.4 Å². The van der Waals surface area contributed by atoms with Crippen molar-refractivity contribution >= 4 is 24.2 Å². The zero-order valence-electron chi connectivity index (χ0n) is 12.6. The van der Waals surface area contributed by atoms with Crippen molar-refractivity contribution in [3.63, 3.8) is 0 Å². The number of methoxy groups -OCH3 is 1. The molecule has 22 heavy (non-hydrogen) atoms. The summed E-state index contributed by atoms with van der Waals surface area (Å²) in [5, 5.41) is 18.2. The Labute approximate surface area is 140 Å². The molecule has 0 aliphatic rings. The Kier molecular flexibility index (Phi) is 7.67. The molecule has 8 heteroatoms. The van der Waals surface area contributed by atoms with Crippen LogP contribution in [0.25, 0.3) is 5.69 Å². The Bertz CT molecular complexity index is 594. The largest absolute Gasteiger partial charge is 0.497 e. The van der Waals surface area contributed by atoms with Crippen molar-refractivity contribution in [2.75, 3.05) is 19.5 Å². The number of aliphatic hydroxyl groups is 1. The summed E-state index contributed by atoms with van der Waals surface area (Å²) in [6.07, 6.45) is 0. The first-order valence-electron chi connectivity index (χ1n) is 6.72. The highest BCUT2D eigenvalue weighted by molar-refractivity contribution is 7.99. The van der Waals surface area contributed by atoms with Crippen molar-refractivity contribution < 1.29 is 9.84 Å². The monoisotopic (exact) mass is 344 g/mol. The van der Waals surface area contributed by atoms with E-state index in [9.17, 15) is 0 Å². The molecule has 2 rings (SSSR count). The van der Waals surface area contributed by atoms with Gasteiger partial charge in [0.05, 0.1) is 19.3 Å². The maximum absolute atomic E-state index is 9.13. The highest BCUT2D eigenvalue weighted by atomic mass is 35.5. The molecule has 3 N–H and O–H groups in total. The van der Waals surface area contributed by atoms with E-state index in [1.807, 2.05) is 35.8 Å². The van der Waals surface area contributed by atoms with Gasteiger partial charge in [-0.2, -0.15) is 0 Å². The van der Waals surface area contributed by atoms with Gasteiger partial charge in [-0.1, -0.05) is 24.8 Å². The average Bonchev–Trinajstić information content (AvgIpc) is 2.95. The molecule has 6 nitrogen and oxygen atoms in total. The van der Waals surface area contributed by atoms with Crippen LogP contribution in [0, 0.1) is 5.92 Å². The molecule has 1 aromatic heterocycles. The van der Waals surface area contributed by atoms with E-state index in [-0.39, 0.29) is 24.9 Å². The lowest BCUT2D eigenvalue weighted by atomic mass is 10.2. The van der Waals surface area contributed by atoms with Crippen LogP contribution in [0.4, 0.5) is 0 Å². The van der Waals surface area contributed by atoms with Gasteiger partial charge < -0.3 is 15.6 Å². The number of aromatic nitrogens is 3. The number of nitrogens with two attached hydrogens (primary N) is 1. The smallest absolute Gasteiger partial charge is 0.195 e. The van der Waals surface area contributed by atoms with Crippen LogP contribution < -0.4 is 10.5 Å². The third-order valence-electron chi connectivity index (χ3n) is 3.00. The molecule has 0 bridgehead atoms. The van der Waals surface area contributed by atoms with Gasteiger partial charge in [-0.05, 0) is 18.1 Å². The van der Waals surface area contributed by atoms with Gasteiger partial charge in [0, 0.05) is 18.4 Å². The second-order valence-electron chi connectivity index (χ2n) is 4.74. The molecule has 0 spiro atoms. The quantitative estimate of drug-likeness (QED) is 0.746. The minimum atomic E-state index is 0. The topological polar surface area (TPSA) is 86.2 Å². The summed E-state index contributed by atoms with van der Waals surface area (Å²) < 4.78 is 7.18. The molecule has 1 aromatic carbocycles. The summed E-state index contributed by atoms with van der Waals surface area (Å²) >= 11 is 1.56. The average molecular weight is 345 g/mol. The summed E-state index contributed by atoms with van der Waals surface area (Å²) in [7, 11) is 1.63. The van der Waals surface area contributed by atoms with Gasteiger partial charge in [-0.15, -0.1) is 22.6 Å². The second-order valence-corrected chi connectivity index (χ2v) is 5.73. The van der Waals surface area contributed by atoms with E-state index in [2.05, 4.69) is 10.2 Å². The number of hydrogen-bond donors (Lipinski definition) is 2. The Morgan fingerprint density at radius 1 is 1.41 bits per heavy atom. The highest BCUT2D eigenvalue weighted by Crippen LogP contribution is 2.25. The summed E-state index contributed by atoms with van der Waals surface area (Å²) in [5.41, 5.74) is 6.67. The molecule has 1 heterocycles. The summed E-state index contributed by atoms with van der Waals surface area (Å²) in [6.45, 7) is 2.45. The highest BCUT2D eigenvalue weighted by Gasteiger charge is 2.15. The summed E-state index contributed by atoms with van der Waals surface area (Å²) in [4.78, 5) is 0. The molecule has 2 aromatic rings. The number of nitrogens with zero attached hydrogens (tertiary/aromatic N) is 3. The van der Waals surface area contributed by atoms with Crippen molar-refractivity contribution in [3.8, 4) is 11.4 Å². The van der Waals surface area contributed by atoms with Gasteiger partial charge in [0.15, 0.2) is 11.0 Å². The van der Waals surface area contributed by atoms with E-state index in [0.29, 0.717) is 12.4 Å². The van der Waals surface area contributed by atoms with E-state index in [0.717, 1.165) is 22.3 Å². The fourth-order valence-corrected chi connectivity index (χ4v) is 2.78. The molecule has 0 saturated carbocycles. The van der Waals surface area contributed by atoms with Gasteiger partial charge in [0.2, 0.25) is 0 Å². The maximum Gasteiger partial charge on any atom is 0.195 e. The zero-order valence-corrected chi connectivity index (χ0v) is 14.2. The van der Waals surface area contributed by atoms with Crippen LogP contribution in [-0.4, -0.2) is 39.3 Å². The number of benzene rings is 1. The van der Waals surface area contributed by atoms with Crippen molar-refractivity contribution in [3.05, 3.63) is 30.1 Å². The SMILES string of the molecule is COc1cccc(-n2c(CN)nnc2SC[C@@H](C)CO)c1.Cl. The molecule has 0 unspecified atom stereocenters. The second kappa shape index (κ2) is 8.99. The molecule has 0 saturated heterocycles. The predicted molar refractivity (Wildman–Crippen MR) is 90.0 cm³/mol. The van der Waals surface area contributed by atoms with E-state index >= 15 is 0 Å². The first-order chi connectivity index (χ1) is 10.2. The van der Waals surface area contributed by atoms with Crippen LogP contribution in [0.2, 0.25) is 0 Å². The standard InChI is InChI=1S/C14H20N4O2S.ClH/c1-10(8-19)9-21-14-17-16-13(7-15)18(14)11-4-3-5-12(6-11)20-2;/h3-6,10,19H,7-9,15H2,1-2H3;1H/t10-;/m0./s1. The van der Waals surface area contributed by atoms with Gasteiger partial charge in [0.25, 0.3) is 0 Å². The number of aliphatic hydroxyl groups excluding tert-OH is 1. The Hall–Kier alpha value is -1.28. The molecule has 122 valence electrons. The number of halogens is 1. The molecule has 0 aliphatic carbocycles. The normalized spacial score (nSPS) is 11.8. The van der Waals surface area contributed by atoms with E-state index in [4.69, 9.17) is 15.6 Å². The van der Waals surface area contributed by atoms with Crippen LogP contribution in [0.5, 0.6) is 5.75 Å². The third kappa shape index (κ3) is 4.36. The molecular formula is C14H21ClN4O2S. The maximum atomic E-state index is 9.13. The number of ether oxygens (including phenoxy) is 1. The van der Waals surface area contributed by atoms with Crippen molar-refractivity contribution in [1.82, 2.24) is 14.8 Å². The Morgan fingerprint density at radius 3 is 2.82 bits per heavy atom. The van der Waals surface area contributed by atoms with E-state index in [1.165, 1.54) is 0 Å². The third-order valence-corrected chi connectivity index (χ3v) is 4.26. The number of rotatable bonds is 7. The van der Waals surface area contributed by atoms with Crippen LogP contribution in [0.3, 0.4) is 0 Å². The Morgan fingerprint density at radius 2 is 2.18 bits per heavy atom. The molecule has 0 amide bonds. The predicted octanol–water partition coefficient (Wildman–Crippen LogP) is 1.88. The van der Waals surface area contributed by atoms with Crippen LogP contribution >= 0.6 is 24.2 Å². The minimum Gasteiger partial charge on any atom is -0.497 e. The first kappa shape index (κ1) is 18.8. The lowest BCUT2D eigenvalue weighted by Gasteiger charge is -2.11. The summed E-state index contributed by atoms with van der Waals surface area (Å²) in [5.74, 6) is 2.43. The van der Waals surface area contributed by atoms with Crippen molar-refractivity contribution in [2.24, 2.45) is 11.7 Å².